The van der Waals surface area contributed by atoms with Gasteiger partial charge < -0.3 is 9.64 Å². The zero-order chi connectivity index (χ0) is 11.2. The van der Waals surface area contributed by atoms with Crippen LogP contribution in [-0.2, 0) is 0 Å². The van der Waals surface area contributed by atoms with Gasteiger partial charge in [0.25, 0.3) is 0 Å². The summed E-state index contributed by atoms with van der Waals surface area (Å²) in [6.45, 7) is 4.89. The summed E-state index contributed by atoms with van der Waals surface area (Å²) < 4.78 is 5.84. The van der Waals surface area contributed by atoms with Gasteiger partial charge in [-0.3, -0.25) is 0 Å². The predicted molar refractivity (Wildman–Crippen MR) is 64.4 cm³/mol. The first-order chi connectivity index (χ1) is 6.91. The number of likely N-dealkylation sites (N-methyl/N-ethyl adjacent to an activating group) is 1. The van der Waals surface area contributed by atoms with Crippen molar-refractivity contribution in [3.05, 3.63) is 22.2 Å². The van der Waals surface area contributed by atoms with Crippen molar-refractivity contribution >= 4 is 28.9 Å². The molecule has 1 aromatic carbocycles. The molecule has 0 unspecified atom stereocenters. The highest BCUT2D eigenvalue weighted by Gasteiger charge is 2.31. The van der Waals surface area contributed by atoms with Gasteiger partial charge in [0.05, 0.1) is 17.3 Å². The molecule has 0 bridgehead atoms. The number of ether oxygens (including phenoxy) is 1. The third-order valence-corrected chi connectivity index (χ3v) is 3.22. The van der Waals surface area contributed by atoms with Gasteiger partial charge in [0.2, 0.25) is 0 Å². The Morgan fingerprint density at radius 2 is 2.00 bits per heavy atom. The average Bonchev–Trinajstić information content (AvgIpc) is 2.10. The van der Waals surface area contributed by atoms with Crippen LogP contribution in [0.25, 0.3) is 0 Å². The smallest absolute Gasteiger partial charge is 0.163 e. The van der Waals surface area contributed by atoms with E-state index < -0.39 is 0 Å². The number of fused-ring (bicyclic) bond motifs is 1. The Morgan fingerprint density at radius 1 is 1.33 bits per heavy atom. The van der Waals surface area contributed by atoms with Gasteiger partial charge in [-0.1, -0.05) is 23.2 Å². The largest absolute Gasteiger partial charge is 0.482 e. The lowest BCUT2D eigenvalue weighted by atomic mass is 10.1. The highest BCUT2D eigenvalue weighted by atomic mass is 35.5. The van der Waals surface area contributed by atoms with Crippen LogP contribution in [0.1, 0.15) is 13.8 Å². The normalized spacial score (nSPS) is 18.3. The summed E-state index contributed by atoms with van der Waals surface area (Å²) >= 11 is 12.1. The van der Waals surface area contributed by atoms with Gasteiger partial charge in [-0.05, 0) is 26.0 Å². The van der Waals surface area contributed by atoms with Gasteiger partial charge in [0.15, 0.2) is 5.75 Å². The van der Waals surface area contributed by atoms with Crippen LogP contribution in [0.4, 0.5) is 5.69 Å². The fourth-order valence-electron chi connectivity index (χ4n) is 1.88. The number of rotatable bonds is 0. The maximum atomic E-state index is 6.12. The molecule has 2 rings (SSSR count). The van der Waals surface area contributed by atoms with E-state index in [2.05, 4.69) is 4.90 Å². The average molecular weight is 246 g/mol. The third kappa shape index (κ3) is 1.88. The summed E-state index contributed by atoms with van der Waals surface area (Å²) in [5, 5.41) is 1.02. The maximum Gasteiger partial charge on any atom is 0.163 e. The molecule has 0 saturated carbocycles. The topological polar surface area (TPSA) is 12.5 Å². The fourth-order valence-corrected chi connectivity index (χ4v) is 2.23. The molecule has 0 aromatic heterocycles. The van der Waals surface area contributed by atoms with Crippen LogP contribution < -0.4 is 9.64 Å². The summed E-state index contributed by atoms with van der Waals surface area (Å²) in [7, 11) is 2.02. The lowest BCUT2D eigenvalue weighted by molar-refractivity contribution is 0.107. The molecule has 1 heterocycles. The molecule has 0 saturated heterocycles. The molecule has 0 radical (unpaired) electrons. The van der Waals surface area contributed by atoms with E-state index >= 15 is 0 Å². The van der Waals surface area contributed by atoms with E-state index in [1.807, 2.05) is 27.0 Å². The van der Waals surface area contributed by atoms with Crippen molar-refractivity contribution in [1.82, 2.24) is 0 Å². The molecule has 1 aliphatic rings. The van der Waals surface area contributed by atoms with Gasteiger partial charge >= 0.3 is 0 Å². The van der Waals surface area contributed by atoms with Gasteiger partial charge in [0.1, 0.15) is 10.6 Å². The van der Waals surface area contributed by atoms with Crippen LogP contribution in [0.2, 0.25) is 10.0 Å². The second kappa shape index (κ2) is 3.46. The molecule has 1 aromatic rings. The van der Waals surface area contributed by atoms with Gasteiger partial charge in [-0.15, -0.1) is 0 Å². The summed E-state index contributed by atoms with van der Waals surface area (Å²) in [6.07, 6.45) is 0. The van der Waals surface area contributed by atoms with Crippen LogP contribution in [0.15, 0.2) is 12.1 Å². The van der Waals surface area contributed by atoms with Crippen molar-refractivity contribution < 1.29 is 4.74 Å². The second-order valence-corrected chi connectivity index (χ2v) is 5.21. The van der Waals surface area contributed by atoms with Crippen molar-refractivity contribution in [3.63, 3.8) is 0 Å². The van der Waals surface area contributed by atoms with Crippen LogP contribution >= 0.6 is 23.2 Å². The number of nitrogens with zero attached hydrogens (tertiary/aromatic N) is 1. The molecule has 82 valence electrons. The molecule has 4 heteroatoms. The number of hydrogen-bond donors (Lipinski definition) is 0. The minimum atomic E-state index is -0.240. The van der Waals surface area contributed by atoms with E-state index in [9.17, 15) is 0 Å². The van der Waals surface area contributed by atoms with Gasteiger partial charge in [0, 0.05) is 7.05 Å². The molecular weight excluding hydrogens is 233 g/mol. The third-order valence-electron chi connectivity index (χ3n) is 2.44. The number of halogens is 2. The Bertz CT molecular complexity index is 404. The number of benzene rings is 1. The first-order valence-electron chi connectivity index (χ1n) is 4.79. The SMILES string of the molecule is CN1CC(C)(C)Oc2c1ccc(Cl)c2Cl. The summed E-state index contributed by atoms with van der Waals surface area (Å²) in [5.74, 6) is 0.683. The van der Waals surface area contributed by atoms with Crippen molar-refractivity contribution in [1.29, 1.82) is 0 Å². The molecule has 2 nitrogen and oxygen atoms in total. The molecule has 0 N–H and O–H groups in total. The summed E-state index contributed by atoms with van der Waals surface area (Å²) in [6, 6.07) is 3.72. The van der Waals surface area contributed by atoms with Crippen molar-refractivity contribution in [2.24, 2.45) is 0 Å². The number of anilines is 1. The highest BCUT2D eigenvalue weighted by Crippen LogP contribution is 2.44. The lowest BCUT2D eigenvalue weighted by Gasteiger charge is -2.39. The molecule has 0 atom stereocenters. The van der Waals surface area contributed by atoms with Crippen molar-refractivity contribution in [3.8, 4) is 5.75 Å². The van der Waals surface area contributed by atoms with Crippen molar-refractivity contribution in [2.45, 2.75) is 19.4 Å². The molecular formula is C11H13Cl2NO. The van der Waals surface area contributed by atoms with Gasteiger partial charge in [-0.25, -0.2) is 0 Å². The first-order valence-corrected chi connectivity index (χ1v) is 5.54. The zero-order valence-corrected chi connectivity index (χ0v) is 10.5. The van der Waals surface area contributed by atoms with E-state index in [1.54, 1.807) is 6.07 Å². The monoisotopic (exact) mass is 245 g/mol. The molecule has 0 spiro atoms. The minimum absolute atomic E-state index is 0.240. The predicted octanol–water partition coefficient (Wildman–Crippen LogP) is 3.60. The minimum Gasteiger partial charge on any atom is -0.482 e. The Balaban J connectivity index is 2.56. The maximum absolute atomic E-state index is 6.12. The standard InChI is InChI=1S/C11H13Cl2NO/c1-11(2)6-14(3)8-5-4-7(12)9(13)10(8)15-11/h4-5H,6H2,1-3H3. The highest BCUT2D eigenvalue weighted by molar-refractivity contribution is 6.43. The summed E-state index contributed by atoms with van der Waals surface area (Å²) in [4.78, 5) is 2.13. The molecule has 0 amide bonds. The Labute approximate surface area is 99.7 Å². The van der Waals surface area contributed by atoms with Crippen LogP contribution in [-0.4, -0.2) is 19.2 Å². The zero-order valence-electron chi connectivity index (χ0n) is 8.97. The van der Waals surface area contributed by atoms with Crippen LogP contribution in [0.3, 0.4) is 0 Å². The van der Waals surface area contributed by atoms with E-state index in [1.165, 1.54) is 0 Å². The first kappa shape index (κ1) is 10.9. The second-order valence-electron chi connectivity index (χ2n) is 4.43. The quantitative estimate of drug-likeness (QED) is 0.693. The lowest BCUT2D eigenvalue weighted by Crippen LogP contribution is -2.45. The van der Waals surface area contributed by atoms with Gasteiger partial charge in [-0.2, -0.15) is 0 Å². The van der Waals surface area contributed by atoms with Crippen LogP contribution in [0, 0.1) is 0 Å². The number of hydrogen-bond acceptors (Lipinski definition) is 2. The Morgan fingerprint density at radius 3 is 2.67 bits per heavy atom. The molecule has 1 aliphatic heterocycles. The molecule has 15 heavy (non-hydrogen) atoms. The van der Waals surface area contributed by atoms with Crippen molar-refractivity contribution in [2.75, 3.05) is 18.5 Å². The summed E-state index contributed by atoms with van der Waals surface area (Å²) in [5.41, 5.74) is 0.750. The van der Waals surface area contributed by atoms with Crippen LogP contribution in [0.5, 0.6) is 5.75 Å². The molecule has 0 fully saturated rings. The Hall–Kier alpha value is -0.600. The Kier molecular flexibility index (Phi) is 2.52. The van der Waals surface area contributed by atoms with E-state index in [0.29, 0.717) is 15.8 Å². The van der Waals surface area contributed by atoms with E-state index in [0.717, 1.165) is 12.2 Å². The molecule has 0 aliphatic carbocycles. The van der Waals surface area contributed by atoms with E-state index in [-0.39, 0.29) is 5.60 Å². The van der Waals surface area contributed by atoms with E-state index in [4.69, 9.17) is 27.9 Å². The fraction of sp³-hybridized carbons (Fsp3) is 0.455.